The lowest BCUT2D eigenvalue weighted by Crippen LogP contribution is -2.08. The van der Waals surface area contributed by atoms with Gasteiger partial charge in [-0.1, -0.05) is 17.8 Å². The van der Waals surface area contributed by atoms with Crippen LogP contribution >= 0.6 is 11.8 Å². The molecule has 1 aliphatic rings. The minimum absolute atomic E-state index is 0.216. The number of aliphatic imine (C=N–C) groups is 1. The molecule has 17 heavy (non-hydrogen) atoms. The fourth-order valence-corrected chi connectivity index (χ4v) is 2.36. The molecule has 0 saturated heterocycles. The van der Waals surface area contributed by atoms with Crippen LogP contribution in [0.4, 0.5) is 18.9 Å². The number of hydrogen-bond acceptors (Lipinski definition) is 3. The second-order valence-corrected chi connectivity index (χ2v) is 4.81. The first-order valence-electron chi connectivity index (χ1n) is 5.10. The molecule has 2 nitrogen and oxygen atoms in total. The summed E-state index contributed by atoms with van der Waals surface area (Å²) in [6, 6.07) is 5.34. The van der Waals surface area contributed by atoms with Gasteiger partial charge in [-0.05, 0) is 25.1 Å². The molecule has 0 unspecified atom stereocenters. The van der Waals surface area contributed by atoms with Crippen molar-refractivity contribution in [2.45, 2.75) is 19.1 Å². The topological polar surface area (TPSA) is 24.4 Å². The van der Waals surface area contributed by atoms with E-state index in [0.29, 0.717) is 10.9 Å². The van der Waals surface area contributed by atoms with Gasteiger partial charge in [-0.2, -0.15) is 13.2 Å². The van der Waals surface area contributed by atoms with Crippen LogP contribution in [0.25, 0.3) is 0 Å². The molecule has 92 valence electrons. The Hall–Kier alpha value is -1.17. The van der Waals surface area contributed by atoms with E-state index in [-0.39, 0.29) is 6.04 Å². The Morgan fingerprint density at radius 3 is 2.76 bits per heavy atom. The summed E-state index contributed by atoms with van der Waals surface area (Å²) < 4.78 is 37.4. The van der Waals surface area contributed by atoms with Crippen molar-refractivity contribution in [2.75, 3.05) is 11.1 Å². The van der Waals surface area contributed by atoms with Crippen LogP contribution in [0.1, 0.15) is 12.5 Å². The molecule has 0 saturated carbocycles. The maximum atomic E-state index is 12.5. The van der Waals surface area contributed by atoms with Gasteiger partial charge in [0.05, 0.1) is 11.6 Å². The standard InChI is InChI=1S/C11H11F3N2S/c1-7-6-17-10(15-7)16-9-4-2-3-8(5-9)11(12,13)14/h2-5,7H,6H2,1H3,(H,15,16)/t7-/m1/s1. The molecule has 1 atom stereocenters. The van der Waals surface area contributed by atoms with Gasteiger partial charge in [-0.3, -0.25) is 4.99 Å². The number of thioether (sulfide) groups is 1. The Labute approximate surface area is 101 Å². The van der Waals surface area contributed by atoms with Crippen molar-refractivity contribution in [3.05, 3.63) is 29.8 Å². The van der Waals surface area contributed by atoms with E-state index in [1.807, 2.05) is 6.92 Å². The fourth-order valence-electron chi connectivity index (χ4n) is 1.44. The molecule has 1 aromatic rings. The third-order valence-electron chi connectivity index (χ3n) is 2.24. The normalized spacial score (nSPS) is 20.2. The number of anilines is 1. The SMILES string of the molecule is C[C@@H]1CSC(Nc2cccc(C(F)(F)F)c2)=N1. The van der Waals surface area contributed by atoms with E-state index in [4.69, 9.17) is 0 Å². The fraction of sp³-hybridized carbons (Fsp3) is 0.364. The lowest BCUT2D eigenvalue weighted by Gasteiger charge is -2.09. The van der Waals surface area contributed by atoms with Crippen molar-refractivity contribution in [1.82, 2.24) is 0 Å². The third kappa shape index (κ3) is 3.15. The van der Waals surface area contributed by atoms with Crippen molar-refractivity contribution >= 4 is 22.6 Å². The van der Waals surface area contributed by atoms with E-state index < -0.39 is 11.7 Å². The maximum Gasteiger partial charge on any atom is 0.416 e. The van der Waals surface area contributed by atoms with Crippen LogP contribution in [0, 0.1) is 0 Å². The van der Waals surface area contributed by atoms with Crippen LogP contribution < -0.4 is 5.32 Å². The average Bonchev–Trinajstić information content (AvgIpc) is 2.63. The highest BCUT2D eigenvalue weighted by molar-refractivity contribution is 8.14. The van der Waals surface area contributed by atoms with Crippen LogP contribution in [0.2, 0.25) is 0 Å². The van der Waals surface area contributed by atoms with Crippen molar-refractivity contribution < 1.29 is 13.2 Å². The predicted octanol–water partition coefficient (Wildman–Crippen LogP) is 3.61. The summed E-state index contributed by atoms with van der Waals surface area (Å²) in [4.78, 5) is 4.26. The lowest BCUT2D eigenvalue weighted by atomic mass is 10.2. The van der Waals surface area contributed by atoms with Crippen molar-refractivity contribution in [2.24, 2.45) is 4.99 Å². The zero-order chi connectivity index (χ0) is 12.5. The average molecular weight is 260 g/mol. The molecule has 0 amide bonds. The highest BCUT2D eigenvalue weighted by atomic mass is 32.2. The molecule has 0 bridgehead atoms. The van der Waals surface area contributed by atoms with Gasteiger partial charge in [0.15, 0.2) is 5.17 Å². The van der Waals surface area contributed by atoms with E-state index in [9.17, 15) is 13.2 Å². The molecule has 1 heterocycles. The highest BCUT2D eigenvalue weighted by Gasteiger charge is 2.30. The molecule has 0 aliphatic carbocycles. The van der Waals surface area contributed by atoms with Crippen molar-refractivity contribution in [3.8, 4) is 0 Å². The second kappa shape index (κ2) is 4.60. The van der Waals surface area contributed by atoms with Gasteiger partial charge in [-0.25, -0.2) is 0 Å². The molecule has 0 spiro atoms. The number of nitrogens with zero attached hydrogens (tertiary/aromatic N) is 1. The Morgan fingerprint density at radius 1 is 1.41 bits per heavy atom. The van der Waals surface area contributed by atoms with E-state index in [1.165, 1.54) is 17.8 Å². The number of amidine groups is 1. The van der Waals surface area contributed by atoms with Crippen molar-refractivity contribution in [1.29, 1.82) is 0 Å². The van der Waals surface area contributed by atoms with Crippen LogP contribution in [0.3, 0.4) is 0 Å². The van der Waals surface area contributed by atoms with Gasteiger partial charge < -0.3 is 5.32 Å². The maximum absolute atomic E-state index is 12.5. The summed E-state index contributed by atoms with van der Waals surface area (Å²) >= 11 is 1.52. The number of rotatable bonds is 1. The predicted molar refractivity (Wildman–Crippen MR) is 64.4 cm³/mol. The molecule has 1 aromatic carbocycles. The Morgan fingerprint density at radius 2 is 2.18 bits per heavy atom. The number of hydrogen-bond donors (Lipinski definition) is 1. The van der Waals surface area contributed by atoms with E-state index >= 15 is 0 Å². The third-order valence-corrected chi connectivity index (χ3v) is 3.37. The molecular formula is C11H11F3N2S. The Kier molecular flexibility index (Phi) is 3.33. The summed E-state index contributed by atoms with van der Waals surface area (Å²) in [7, 11) is 0. The zero-order valence-electron chi connectivity index (χ0n) is 9.08. The van der Waals surface area contributed by atoms with Gasteiger partial charge in [-0.15, -0.1) is 0 Å². The van der Waals surface area contributed by atoms with Crippen LogP contribution in [0.15, 0.2) is 29.3 Å². The number of benzene rings is 1. The van der Waals surface area contributed by atoms with Gasteiger partial charge in [0.1, 0.15) is 0 Å². The Bertz CT molecular complexity index is 443. The molecule has 0 aromatic heterocycles. The van der Waals surface area contributed by atoms with E-state index in [2.05, 4.69) is 10.3 Å². The molecule has 0 radical (unpaired) electrons. The molecule has 2 rings (SSSR count). The first-order valence-corrected chi connectivity index (χ1v) is 6.08. The second-order valence-electron chi connectivity index (χ2n) is 3.80. The largest absolute Gasteiger partial charge is 0.416 e. The first kappa shape index (κ1) is 12.3. The van der Waals surface area contributed by atoms with Crippen LogP contribution in [-0.4, -0.2) is 17.0 Å². The summed E-state index contributed by atoms with van der Waals surface area (Å²) in [5, 5.41) is 3.57. The molecule has 1 aliphatic heterocycles. The minimum Gasteiger partial charge on any atom is -0.335 e. The smallest absolute Gasteiger partial charge is 0.335 e. The molecule has 6 heteroatoms. The van der Waals surface area contributed by atoms with Gasteiger partial charge in [0, 0.05) is 11.4 Å². The summed E-state index contributed by atoms with van der Waals surface area (Å²) in [5.41, 5.74) is -0.237. The number of alkyl halides is 3. The lowest BCUT2D eigenvalue weighted by molar-refractivity contribution is -0.137. The first-order chi connectivity index (χ1) is 7.95. The summed E-state index contributed by atoms with van der Waals surface area (Å²) in [6.07, 6.45) is -4.31. The van der Waals surface area contributed by atoms with E-state index in [1.54, 1.807) is 6.07 Å². The zero-order valence-corrected chi connectivity index (χ0v) is 9.90. The summed E-state index contributed by atoms with van der Waals surface area (Å²) in [5.74, 6) is 0.862. The van der Waals surface area contributed by atoms with Gasteiger partial charge in [0.2, 0.25) is 0 Å². The van der Waals surface area contributed by atoms with Gasteiger partial charge >= 0.3 is 6.18 Å². The molecule has 1 N–H and O–H groups in total. The number of nitrogens with one attached hydrogen (secondary N) is 1. The quantitative estimate of drug-likeness (QED) is 0.834. The van der Waals surface area contributed by atoms with E-state index in [0.717, 1.165) is 17.9 Å². The summed E-state index contributed by atoms with van der Waals surface area (Å²) in [6.45, 7) is 1.97. The monoisotopic (exact) mass is 260 g/mol. The van der Waals surface area contributed by atoms with Gasteiger partial charge in [0.25, 0.3) is 0 Å². The van der Waals surface area contributed by atoms with Crippen molar-refractivity contribution in [3.63, 3.8) is 0 Å². The number of halogens is 3. The van der Waals surface area contributed by atoms with Crippen LogP contribution in [0.5, 0.6) is 0 Å². The van der Waals surface area contributed by atoms with Crippen LogP contribution in [-0.2, 0) is 6.18 Å². The molecular weight excluding hydrogens is 249 g/mol. The highest BCUT2D eigenvalue weighted by Crippen LogP contribution is 2.31. The molecule has 0 fully saturated rings. The Balaban J connectivity index is 2.15. The minimum atomic E-state index is -4.31.